The average Bonchev–Trinajstić information content (AvgIpc) is 3.06. The summed E-state index contributed by atoms with van der Waals surface area (Å²) >= 11 is 0. The standard InChI is InChI=1S/C22H20O3/c1-4-16-21-17-8-6-5-7-14(17)9-12-19(21)25-22(16)18-11-10-15(23-2)13-20(18)24-3/h5-13H,4H2,1-3H3. The summed E-state index contributed by atoms with van der Waals surface area (Å²) in [6, 6.07) is 18.4. The summed E-state index contributed by atoms with van der Waals surface area (Å²) in [6.07, 6.45) is 0.880. The molecule has 3 heteroatoms. The number of rotatable bonds is 4. The first kappa shape index (κ1) is 15.6. The lowest BCUT2D eigenvalue weighted by Crippen LogP contribution is -1.91. The Kier molecular flexibility index (Phi) is 3.85. The van der Waals surface area contributed by atoms with E-state index in [0.717, 1.165) is 34.8 Å². The molecule has 0 aliphatic rings. The van der Waals surface area contributed by atoms with Crippen LogP contribution in [0.15, 0.2) is 59.0 Å². The van der Waals surface area contributed by atoms with E-state index in [2.05, 4.69) is 43.3 Å². The van der Waals surface area contributed by atoms with Crippen LogP contribution >= 0.6 is 0 Å². The normalized spacial score (nSPS) is 11.2. The number of benzene rings is 3. The van der Waals surface area contributed by atoms with Crippen LogP contribution in [0, 0.1) is 0 Å². The van der Waals surface area contributed by atoms with Gasteiger partial charge in [0.25, 0.3) is 0 Å². The molecule has 25 heavy (non-hydrogen) atoms. The lowest BCUT2D eigenvalue weighted by atomic mass is 9.98. The first-order valence-corrected chi connectivity index (χ1v) is 8.42. The van der Waals surface area contributed by atoms with E-state index in [1.165, 1.54) is 21.7 Å². The van der Waals surface area contributed by atoms with Gasteiger partial charge in [-0.25, -0.2) is 0 Å². The van der Waals surface area contributed by atoms with Crippen LogP contribution in [0.3, 0.4) is 0 Å². The molecule has 0 N–H and O–H groups in total. The zero-order chi connectivity index (χ0) is 17.4. The van der Waals surface area contributed by atoms with E-state index in [-0.39, 0.29) is 0 Å². The third kappa shape index (κ3) is 2.43. The minimum atomic E-state index is 0.748. The number of ether oxygens (including phenoxy) is 2. The molecular formula is C22H20O3. The third-order valence-corrected chi connectivity index (χ3v) is 4.69. The zero-order valence-corrected chi connectivity index (χ0v) is 14.6. The minimum Gasteiger partial charge on any atom is -0.497 e. The molecule has 0 aliphatic carbocycles. The summed E-state index contributed by atoms with van der Waals surface area (Å²) in [5.74, 6) is 2.38. The molecule has 0 unspecified atom stereocenters. The molecule has 0 fully saturated rings. The molecule has 0 amide bonds. The van der Waals surface area contributed by atoms with Crippen molar-refractivity contribution >= 4 is 21.7 Å². The van der Waals surface area contributed by atoms with Gasteiger partial charge in [0, 0.05) is 17.0 Å². The van der Waals surface area contributed by atoms with Crippen molar-refractivity contribution in [2.24, 2.45) is 0 Å². The summed E-state index contributed by atoms with van der Waals surface area (Å²) < 4.78 is 17.2. The maximum atomic E-state index is 6.28. The van der Waals surface area contributed by atoms with Gasteiger partial charge in [0.15, 0.2) is 0 Å². The quantitative estimate of drug-likeness (QED) is 0.471. The molecule has 0 saturated carbocycles. The van der Waals surface area contributed by atoms with Gasteiger partial charge in [-0.1, -0.05) is 37.3 Å². The molecular weight excluding hydrogens is 312 g/mol. The fraction of sp³-hybridized carbons (Fsp3) is 0.182. The van der Waals surface area contributed by atoms with Gasteiger partial charge in [-0.05, 0) is 35.4 Å². The van der Waals surface area contributed by atoms with Gasteiger partial charge in [0.1, 0.15) is 22.8 Å². The Balaban J connectivity index is 2.04. The van der Waals surface area contributed by atoms with Crippen molar-refractivity contribution in [1.82, 2.24) is 0 Å². The fourth-order valence-corrected chi connectivity index (χ4v) is 3.47. The molecule has 1 aromatic heterocycles. The van der Waals surface area contributed by atoms with Crippen LogP contribution in [0.5, 0.6) is 11.5 Å². The van der Waals surface area contributed by atoms with E-state index < -0.39 is 0 Å². The molecule has 0 aliphatic heterocycles. The summed E-state index contributed by atoms with van der Waals surface area (Å²) in [7, 11) is 3.32. The third-order valence-electron chi connectivity index (χ3n) is 4.69. The summed E-state index contributed by atoms with van der Waals surface area (Å²) in [4.78, 5) is 0. The van der Waals surface area contributed by atoms with Crippen LogP contribution in [0.2, 0.25) is 0 Å². The Bertz CT molecular complexity index is 1060. The first-order valence-electron chi connectivity index (χ1n) is 8.42. The number of fused-ring (bicyclic) bond motifs is 3. The number of aryl methyl sites for hydroxylation is 1. The van der Waals surface area contributed by atoms with E-state index >= 15 is 0 Å². The Morgan fingerprint density at radius 3 is 2.52 bits per heavy atom. The van der Waals surface area contributed by atoms with Crippen LogP contribution < -0.4 is 9.47 Å². The largest absolute Gasteiger partial charge is 0.497 e. The van der Waals surface area contributed by atoms with Crippen molar-refractivity contribution in [2.75, 3.05) is 14.2 Å². The van der Waals surface area contributed by atoms with Gasteiger partial charge in [-0.15, -0.1) is 0 Å². The highest BCUT2D eigenvalue weighted by atomic mass is 16.5. The van der Waals surface area contributed by atoms with Crippen molar-refractivity contribution in [2.45, 2.75) is 13.3 Å². The molecule has 4 aromatic rings. The summed E-state index contributed by atoms with van der Waals surface area (Å²) in [6.45, 7) is 2.16. The maximum absolute atomic E-state index is 6.28. The number of methoxy groups -OCH3 is 2. The van der Waals surface area contributed by atoms with E-state index in [1.54, 1.807) is 14.2 Å². The molecule has 4 rings (SSSR count). The van der Waals surface area contributed by atoms with Crippen LogP contribution in [-0.4, -0.2) is 14.2 Å². The van der Waals surface area contributed by atoms with Gasteiger partial charge in [0.2, 0.25) is 0 Å². The highest BCUT2D eigenvalue weighted by Gasteiger charge is 2.19. The van der Waals surface area contributed by atoms with Gasteiger partial charge in [-0.2, -0.15) is 0 Å². The number of furan rings is 1. The fourth-order valence-electron chi connectivity index (χ4n) is 3.47. The van der Waals surface area contributed by atoms with E-state index in [9.17, 15) is 0 Å². The molecule has 0 saturated heterocycles. The molecule has 0 spiro atoms. The highest BCUT2D eigenvalue weighted by Crippen LogP contribution is 2.42. The SMILES string of the molecule is CCc1c(-c2ccc(OC)cc2OC)oc2ccc3ccccc3c12. The van der Waals surface area contributed by atoms with Gasteiger partial charge in [0.05, 0.1) is 19.8 Å². The smallest absolute Gasteiger partial charge is 0.142 e. The van der Waals surface area contributed by atoms with Crippen LogP contribution in [0.4, 0.5) is 0 Å². The van der Waals surface area contributed by atoms with Crippen molar-refractivity contribution in [3.63, 3.8) is 0 Å². The van der Waals surface area contributed by atoms with E-state index in [1.807, 2.05) is 18.2 Å². The predicted octanol–water partition coefficient (Wildman–Crippen LogP) is 5.83. The van der Waals surface area contributed by atoms with Crippen LogP contribution in [0.1, 0.15) is 12.5 Å². The number of hydrogen-bond acceptors (Lipinski definition) is 3. The first-order chi connectivity index (χ1) is 12.3. The Morgan fingerprint density at radius 1 is 0.920 bits per heavy atom. The monoisotopic (exact) mass is 332 g/mol. The van der Waals surface area contributed by atoms with Crippen molar-refractivity contribution in [3.8, 4) is 22.8 Å². The molecule has 3 nitrogen and oxygen atoms in total. The second-order valence-corrected chi connectivity index (χ2v) is 5.99. The van der Waals surface area contributed by atoms with Gasteiger partial charge in [-0.3, -0.25) is 0 Å². The zero-order valence-electron chi connectivity index (χ0n) is 14.6. The molecule has 0 radical (unpaired) electrons. The minimum absolute atomic E-state index is 0.748. The average molecular weight is 332 g/mol. The Labute approximate surface area is 146 Å². The lowest BCUT2D eigenvalue weighted by Gasteiger charge is -2.10. The predicted molar refractivity (Wildman–Crippen MR) is 102 cm³/mol. The van der Waals surface area contributed by atoms with E-state index in [4.69, 9.17) is 13.9 Å². The van der Waals surface area contributed by atoms with E-state index in [0.29, 0.717) is 0 Å². The Morgan fingerprint density at radius 2 is 1.76 bits per heavy atom. The Hall–Kier alpha value is -2.94. The molecule has 1 heterocycles. The van der Waals surface area contributed by atoms with Crippen LogP contribution in [0.25, 0.3) is 33.1 Å². The topological polar surface area (TPSA) is 31.6 Å². The maximum Gasteiger partial charge on any atom is 0.142 e. The van der Waals surface area contributed by atoms with Crippen molar-refractivity contribution in [1.29, 1.82) is 0 Å². The molecule has 126 valence electrons. The van der Waals surface area contributed by atoms with Gasteiger partial charge < -0.3 is 13.9 Å². The molecule has 0 bridgehead atoms. The van der Waals surface area contributed by atoms with Crippen molar-refractivity contribution in [3.05, 3.63) is 60.2 Å². The summed E-state index contributed by atoms with van der Waals surface area (Å²) in [5, 5.41) is 3.63. The second-order valence-electron chi connectivity index (χ2n) is 5.99. The highest BCUT2D eigenvalue weighted by molar-refractivity contribution is 6.09. The number of hydrogen-bond donors (Lipinski definition) is 0. The summed E-state index contributed by atoms with van der Waals surface area (Å²) in [5.41, 5.74) is 3.05. The molecule has 3 aromatic carbocycles. The van der Waals surface area contributed by atoms with Crippen molar-refractivity contribution < 1.29 is 13.9 Å². The van der Waals surface area contributed by atoms with Gasteiger partial charge >= 0.3 is 0 Å². The van der Waals surface area contributed by atoms with Crippen LogP contribution in [-0.2, 0) is 6.42 Å². The molecule has 0 atom stereocenters. The second kappa shape index (κ2) is 6.17. The lowest BCUT2D eigenvalue weighted by molar-refractivity contribution is 0.394.